The number of thioether (sulfide) groups is 1. The van der Waals surface area contributed by atoms with Crippen LogP contribution in [-0.2, 0) is 9.53 Å². The molecule has 4 heteroatoms. The largest absolute Gasteiger partial charge is 0.469 e. The Hall–Kier alpha value is -1.00. The zero-order chi connectivity index (χ0) is 13.5. The highest BCUT2D eigenvalue weighted by atomic mass is 32.2. The molecule has 19 heavy (non-hydrogen) atoms. The van der Waals surface area contributed by atoms with Crippen LogP contribution in [0.15, 0.2) is 30.3 Å². The van der Waals surface area contributed by atoms with Crippen LogP contribution in [0.3, 0.4) is 0 Å². The molecular weight excluding hydrogens is 258 g/mol. The Bertz CT molecular complexity index is 390. The van der Waals surface area contributed by atoms with Crippen molar-refractivity contribution < 1.29 is 9.53 Å². The number of esters is 1. The van der Waals surface area contributed by atoms with E-state index < -0.39 is 0 Å². The summed E-state index contributed by atoms with van der Waals surface area (Å²) in [5.41, 5.74) is 1.02. The number of carbonyl (C=O) groups excluding carboxylic acids is 1. The van der Waals surface area contributed by atoms with Gasteiger partial charge in [0.25, 0.3) is 0 Å². The molecule has 0 aliphatic carbocycles. The third-order valence-corrected chi connectivity index (χ3v) is 4.72. The number of carbonyl (C=O) groups is 1. The van der Waals surface area contributed by atoms with Crippen LogP contribution in [-0.4, -0.2) is 37.7 Å². The van der Waals surface area contributed by atoms with Gasteiger partial charge in [0.05, 0.1) is 13.0 Å². The van der Waals surface area contributed by atoms with E-state index >= 15 is 0 Å². The Balaban J connectivity index is 1.89. The van der Waals surface area contributed by atoms with Gasteiger partial charge < -0.3 is 10.1 Å². The van der Waals surface area contributed by atoms with Gasteiger partial charge in [-0.25, -0.2) is 0 Å². The van der Waals surface area contributed by atoms with Gasteiger partial charge in [-0.1, -0.05) is 30.3 Å². The molecule has 1 fully saturated rings. The van der Waals surface area contributed by atoms with Crippen LogP contribution in [0.4, 0.5) is 0 Å². The van der Waals surface area contributed by atoms with Gasteiger partial charge in [0.1, 0.15) is 0 Å². The van der Waals surface area contributed by atoms with Gasteiger partial charge >= 0.3 is 5.97 Å². The van der Waals surface area contributed by atoms with Crippen molar-refractivity contribution in [1.82, 2.24) is 5.32 Å². The summed E-state index contributed by atoms with van der Waals surface area (Å²) in [6, 6.07) is 9.84. The average molecular weight is 279 g/mol. The first-order valence-corrected chi connectivity index (χ1v) is 7.88. The molecule has 3 nitrogen and oxygen atoms in total. The van der Waals surface area contributed by atoms with Crippen LogP contribution in [0.5, 0.6) is 0 Å². The summed E-state index contributed by atoms with van der Waals surface area (Å²) in [6.07, 6.45) is 1.28. The van der Waals surface area contributed by atoms with Crippen molar-refractivity contribution in [2.75, 3.05) is 31.7 Å². The van der Waals surface area contributed by atoms with Crippen molar-refractivity contribution >= 4 is 17.7 Å². The fraction of sp³-hybridized carbons (Fsp3) is 0.533. The molecule has 2 unspecified atom stereocenters. The second-order valence-corrected chi connectivity index (χ2v) is 6.02. The van der Waals surface area contributed by atoms with Gasteiger partial charge in [-0.2, -0.15) is 11.8 Å². The first-order valence-electron chi connectivity index (χ1n) is 6.72. The van der Waals surface area contributed by atoms with Crippen LogP contribution in [0.1, 0.15) is 17.9 Å². The smallest absolute Gasteiger partial charge is 0.314 e. The molecule has 1 heterocycles. The topological polar surface area (TPSA) is 38.3 Å². The Morgan fingerprint density at radius 2 is 2.26 bits per heavy atom. The molecule has 0 radical (unpaired) electrons. The lowest BCUT2D eigenvalue weighted by Gasteiger charge is -2.17. The van der Waals surface area contributed by atoms with Crippen molar-refractivity contribution in [1.29, 1.82) is 0 Å². The van der Waals surface area contributed by atoms with E-state index in [4.69, 9.17) is 4.74 Å². The molecule has 2 rings (SSSR count). The highest BCUT2D eigenvalue weighted by Gasteiger charge is 2.22. The lowest BCUT2D eigenvalue weighted by atomic mass is 9.99. The summed E-state index contributed by atoms with van der Waals surface area (Å²) in [5.74, 6) is 2.88. The van der Waals surface area contributed by atoms with Crippen LogP contribution >= 0.6 is 11.8 Å². The summed E-state index contributed by atoms with van der Waals surface area (Å²) >= 11 is 2.02. The van der Waals surface area contributed by atoms with Crippen LogP contribution < -0.4 is 5.32 Å². The molecular formula is C15H21NO2S. The Morgan fingerprint density at radius 3 is 2.89 bits per heavy atom. The number of ether oxygens (including phenoxy) is 1. The standard InChI is InChI=1S/C15H21NO2S/c1-18-15(17)14(13-5-3-2-4-6-13)10-16-9-12-7-8-19-11-12/h2-6,12,14,16H,7-11H2,1H3. The first-order chi connectivity index (χ1) is 9.31. The highest BCUT2D eigenvalue weighted by Crippen LogP contribution is 2.23. The van der Waals surface area contributed by atoms with E-state index in [9.17, 15) is 4.79 Å². The van der Waals surface area contributed by atoms with E-state index in [2.05, 4.69) is 5.32 Å². The third kappa shape index (κ3) is 4.25. The maximum Gasteiger partial charge on any atom is 0.314 e. The van der Waals surface area contributed by atoms with E-state index in [1.807, 2.05) is 42.1 Å². The minimum absolute atomic E-state index is 0.167. The number of hydrogen-bond acceptors (Lipinski definition) is 4. The molecule has 1 aromatic rings. The second-order valence-electron chi connectivity index (χ2n) is 4.87. The average Bonchev–Trinajstić information content (AvgIpc) is 2.97. The van der Waals surface area contributed by atoms with Crippen molar-refractivity contribution in [3.05, 3.63) is 35.9 Å². The number of rotatable bonds is 6. The molecule has 1 aliphatic heterocycles. The first kappa shape index (κ1) is 14.4. The number of hydrogen-bond donors (Lipinski definition) is 1. The van der Waals surface area contributed by atoms with E-state index in [0.717, 1.165) is 18.0 Å². The van der Waals surface area contributed by atoms with Gasteiger partial charge in [-0.3, -0.25) is 4.79 Å². The quantitative estimate of drug-likeness (QED) is 0.811. The van der Waals surface area contributed by atoms with Crippen molar-refractivity contribution in [2.24, 2.45) is 5.92 Å². The second kappa shape index (κ2) is 7.56. The predicted molar refractivity (Wildman–Crippen MR) is 79.5 cm³/mol. The van der Waals surface area contributed by atoms with Crippen molar-refractivity contribution in [2.45, 2.75) is 12.3 Å². The molecule has 1 saturated heterocycles. The van der Waals surface area contributed by atoms with E-state index in [0.29, 0.717) is 6.54 Å². The summed E-state index contributed by atoms with van der Waals surface area (Å²) in [5, 5.41) is 3.43. The summed E-state index contributed by atoms with van der Waals surface area (Å²) in [7, 11) is 1.45. The molecule has 1 aromatic carbocycles. The lowest BCUT2D eigenvalue weighted by molar-refractivity contribution is -0.142. The summed E-state index contributed by atoms with van der Waals surface area (Å²) < 4.78 is 4.91. The maximum atomic E-state index is 11.9. The number of methoxy groups -OCH3 is 1. The predicted octanol–water partition coefficient (Wildman–Crippen LogP) is 2.29. The molecule has 104 valence electrons. The van der Waals surface area contributed by atoms with Crippen LogP contribution in [0.25, 0.3) is 0 Å². The SMILES string of the molecule is COC(=O)C(CNCC1CCSC1)c1ccccc1. The minimum Gasteiger partial charge on any atom is -0.469 e. The number of benzene rings is 1. The normalized spacial score (nSPS) is 20.2. The van der Waals surface area contributed by atoms with Gasteiger partial charge in [-0.05, 0) is 36.0 Å². The maximum absolute atomic E-state index is 11.9. The lowest BCUT2D eigenvalue weighted by Crippen LogP contribution is -2.31. The monoisotopic (exact) mass is 279 g/mol. The fourth-order valence-corrected chi connectivity index (χ4v) is 3.63. The van der Waals surface area contributed by atoms with Gasteiger partial charge in [0.15, 0.2) is 0 Å². The molecule has 1 aliphatic rings. The van der Waals surface area contributed by atoms with Crippen LogP contribution in [0.2, 0.25) is 0 Å². The highest BCUT2D eigenvalue weighted by molar-refractivity contribution is 7.99. The zero-order valence-corrected chi connectivity index (χ0v) is 12.1. The Labute approximate surface area is 119 Å². The molecule has 2 atom stereocenters. The molecule has 0 saturated carbocycles. The molecule has 0 bridgehead atoms. The zero-order valence-electron chi connectivity index (χ0n) is 11.3. The van der Waals surface area contributed by atoms with Crippen LogP contribution in [0, 0.1) is 5.92 Å². The molecule has 0 spiro atoms. The van der Waals surface area contributed by atoms with E-state index in [-0.39, 0.29) is 11.9 Å². The summed E-state index contributed by atoms with van der Waals surface area (Å²) in [6.45, 7) is 1.64. The number of nitrogens with one attached hydrogen (secondary N) is 1. The summed E-state index contributed by atoms with van der Waals surface area (Å²) in [4.78, 5) is 11.9. The molecule has 0 aromatic heterocycles. The third-order valence-electron chi connectivity index (χ3n) is 3.49. The Kier molecular flexibility index (Phi) is 5.73. The molecule has 1 N–H and O–H groups in total. The van der Waals surface area contributed by atoms with E-state index in [1.54, 1.807) is 0 Å². The van der Waals surface area contributed by atoms with Gasteiger partial charge in [0.2, 0.25) is 0 Å². The van der Waals surface area contributed by atoms with Crippen molar-refractivity contribution in [3.8, 4) is 0 Å². The van der Waals surface area contributed by atoms with Gasteiger partial charge in [0, 0.05) is 6.54 Å². The minimum atomic E-state index is -0.208. The fourth-order valence-electron chi connectivity index (χ4n) is 2.34. The molecule has 0 amide bonds. The van der Waals surface area contributed by atoms with Crippen molar-refractivity contribution in [3.63, 3.8) is 0 Å². The van der Waals surface area contributed by atoms with E-state index in [1.165, 1.54) is 25.0 Å². The van der Waals surface area contributed by atoms with Gasteiger partial charge in [-0.15, -0.1) is 0 Å². The Morgan fingerprint density at radius 1 is 1.47 bits per heavy atom.